The van der Waals surface area contributed by atoms with Crippen LogP contribution in [-0.2, 0) is 6.42 Å². The van der Waals surface area contributed by atoms with E-state index >= 15 is 0 Å². The van der Waals surface area contributed by atoms with Crippen molar-refractivity contribution in [2.75, 3.05) is 0 Å². The van der Waals surface area contributed by atoms with Crippen LogP contribution >= 0.6 is 0 Å². The molecule has 72 valence electrons. The first-order valence-electron chi connectivity index (χ1n) is 4.55. The van der Waals surface area contributed by atoms with Gasteiger partial charge in [0.15, 0.2) is 0 Å². The molecule has 0 saturated heterocycles. The van der Waals surface area contributed by atoms with Crippen LogP contribution in [-0.4, -0.2) is 27.4 Å². The number of benzene rings is 1. The van der Waals surface area contributed by atoms with E-state index in [9.17, 15) is 0 Å². The van der Waals surface area contributed by atoms with Crippen LogP contribution in [0.2, 0.25) is 0 Å². The molecule has 0 aliphatic carbocycles. The van der Waals surface area contributed by atoms with Gasteiger partial charge < -0.3 is 10.0 Å². The van der Waals surface area contributed by atoms with E-state index in [4.69, 9.17) is 10.0 Å². The average Bonchev–Trinajstić information content (AvgIpc) is 2.59. The largest absolute Gasteiger partial charge is 0.488 e. The quantitative estimate of drug-likeness (QED) is 0.574. The molecule has 3 N–H and O–H groups in total. The zero-order valence-electron chi connectivity index (χ0n) is 7.86. The molecule has 0 fully saturated rings. The van der Waals surface area contributed by atoms with Crippen LogP contribution in [0.5, 0.6) is 0 Å². The van der Waals surface area contributed by atoms with Gasteiger partial charge in [-0.1, -0.05) is 19.1 Å². The van der Waals surface area contributed by atoms with E-state index in [1.165, 1.54) is 0 Å². The van der Waals surface area contributed by atoms with Gasteiger partial charge in [-0.3, -0.25) is 5.10 Å². The van der Waals surface area contributed by atoms with E-state index in [2.05, 4.69) is 10.2 Å². The summed E-state index contributed by atoms with van der Waals surface area (Å²) in [6.45, 7) is 2.02. The third-order valence-electron chi connectivity index (χ3n) is 2.31. The molecule has 0 spiro atoms. The third kappa shape index (κ3) is 1.40. The number of H-pyrrole nitrogens is 1. The first-order valence-corrected chi connectivity index (χ1v) is 4.55. The summed E-state index contributed by atoms with van der Waals surface area (Å²) < 4.78 is 0. The first kappa shape index (κ1) is 9.24. The van der Waals surface area contributed by atoms with E-state index in [1.807, 2.05) is 6.92 Å². The lowest BCUT2D eigenvalue weighted by Crippen LogP contribution is -2.29. The molecule has 0 radical (unpaired) electrons. The van der Waals surface area contributed by atoms with E-state index < -0.39 is 7.12 Å². The number of nitrogens with one attached hydrogen (secondary N) is 1. The second kappa shape index (κ2) is 3.44. The van der Waals surface area contributed by atoms with E-state index in [0.717, 1.165) is 23.0 Å². The second-order valence-electron chi connectivity index (χ2n) is 3.21. The molecule has 0 atom stereocenters. The number of rotatable bonds is 2. The highest BCUT2D eigenvalue weighted by molar-refractivity contribution is 6.58. The Kier molecular flexibility index (Phi) is 2.27. The monoisotopic (exact) mass is 190 g/mol. The topological polar surface area (TPSA) is 69.1 Å². The molecule has 1 aromatic heterocycles. The fourth-order valence-electron chi connectivity index (χ4n) is 1.51. The highest BCUT2D eigenvalue weighted by atomic mass is 16.4. The molecular weight excluding hydrogens is 179 g/mol. The van der Waals surface area contributed by atoms with E-state index in [-0.39, 0.29) is 0 Å². The van der Waals surface area contributed by atoms with Crippen molar-refractivity contribution in [2.24, 2.45) is 0 Å². The van der Waals surface area contributed by atoms with Gasteiger partial charge in [0, 0.05) is 11.1 Å². The highest BCUT2D eigenvalue weighted by Crippen LogP contribution is 2.14. The maximum absolute atomic E-state index is 9.01. The van der Waals surface area contributed by atoms with Crippen LogP contribution in [0.25, 0.3) is 10.9 Å². The van der Waals surface area contributed by atoms with Crippen molar-refractivity contribution in [3.05, 3.63) is 23.9 Å². The predicted octanol–water partition coefficient (Wildman–Crippen LogP) is -0.195. The Morgan fingerprint density at radius 2 is 2.21 bits per heavy atom. The minimum atomic E-state index is -1.42. The Hall–Kier alpha value is -1.33. The molecule has 0 aliphatic rings. The number of aromatic amines is 1. The Labute approximate surface area is 81.7 Å². The second-order valence-corrected chi connectivity index (χ2v) is 3.21. The summed E-state index contributed by atoms with van der Waals surface area (Å²) >= 11 is 0. The van der Waals surface area contributed by atoms with Gasteiger partial charge >= 0.3 is 7.12 Å². The van der Waals surface area contributed by atoms with Gasteiger partial charge in [-0.25, -0.2) is 0 Å². The van der Waals surface area contributed by atoms with Crippen molar-refractivity contribution >= 4 is 23.5 Å². The number of nitrogens with zero attached hydrogens (tertiary/aromatic N) is 1. The molecule has 5 heteroatoms. The summed E-state index contributed by atoms with van der Waals surface area (Å²) in [6.07, 6.45) is 0.849. The van der Waals surface area contributed by atoms with Crippen molar-refractivity contribution < 1.29 is 10.0 Å². The van der Waals surface area contributed by atoms with Gasteiger partial charge in [-0.2, -0.15) is 5.10 Å². The van der Waals surface area contributed by atoms with Crippen LogP contribution in [0.1, 0.15) is 12.6 Å². The molecule has 4 nitrogen and oxygen atoms in total. The summed E-state index contributed by atoms with van der Waals surface area (Å²) in [6, 6.07) is 5.19. The zero-order valence-corrected chi connectivity index (χ0v) is 7.86. The van der Waals surface area contributed by atoms with Crippen LogP contribution in [0.15, 0.2) is 18.2 Å². The van der Waals surface area contributed by atoms with Gasteiger partial charge in [0.2, 0.25) is 0 Å². The summed E-state index contributed by atoms with van der Waals surface area (Å²) in [5.41, 5.74) is 2.36. The molecule has 0 saturated carbocycles. The molecule has 0 amide bonds. The molecule has 2 aromatic rings. The lowest BCUT2D eigenvalue weighted by molar-refractivity contribution is 0.426. The standard InChI is InChI=1S/C9H11BN2O2/c1-2-8-7-5-6(10(13)14)3-4-9(7)12-11-8/h3-5,13-14H,2H2,1H3,(H,11,12). The van der Waals surface area contributed by atoms with Crippen LogP contribution < -0.4 is 5.46 Å². The fraction of sp³-hybridized carbons (Fsp3) is 0.222. The number of aryl methyl sites for hydroxylation is 1. The Morgan fingerprint density at radius 1 is 1.43 bits per heavy atom. The Balaban J connectivity index is 2.61. The number of fused-ring (bicyclic) bond motifs is 1. The molecule has 1 heterocycles. The highest BCUT2D eigenvalue weighted by Gasteiger charge is 2.12. The van der Waals surface area contributed by atoms with Gasteiger partial charge in [-0.15, -0.1) is 0 Å². The molecule has 0 bridgehead atoms. The van der Waals surface area contributed by atoms with Crippen LogP contribution in [0.3, 0.4) is 0 Å². The van der Waals surface area contributed by atoms with Crippen molar-refractivity contribution in [3.63, 3.8) is 0 Å². The maximum Gasteiger partial charge on any atom is 0.488 e. The molecule has 0 aliphatic heterocycles. The summed E-state index contributed by atoms with van der Waals surface area (Å²) in [5.74, 6) is 0. The smallest absolute Gasteiger partial charge is 0.423 e. The Bertz CT molecular complexity index is 453. The molecule has 2 rings (SSSR count). The van der Waals surface area contributed by atoms with E-state index in [0.29, 0.717) is 5.46 Å². The van der Waals surface area contributed by atoms with Crippen molar-refractivity contribution in [1.29, 1.82) is 0 Å². The van der Waals surface area contributed by atoms with Gasteiger partial charge in [0.1, 0.15) is 0 Å². The number of hydrogen-bond acceptors (Lipinski definition) is 3. The van der Waals surface area contributed by atoms with Crippen molar-refractivity contribution in [3.8, 4) is 0 Å². The van der Waals surface area contributed by atoms with Crippen LogP contribution in [0, 0.1) is 0 Å². The third-order valence-corrected chi connectivity index (χ3v) is 2.31. The van der Waals surface area contributed by atoms with Gasteiger partial charge in [0.05, 0.1) is 5.52 Å². The lowest BCUT2D eigenvalue weighted by Gasteiger charge is -1.99. The molecular formula is C9H11BN2O2. The Morgan fingerprint density at radius 3 is 2.86 bits per heavy atom. The summed E-state index contributed by atoms with van der Waals surface area (Å²) in [7, 11) is -1.42. The number of aromatic nitrogens is 2. The minimum Gasteiger partial charge on any atom is -0.423 e. The fourth-order valence-corrected chi connectivity index (χ4v) is 1.51. The van der Waals surface area contributed by atoms with Crippen molar-refractivity contribution in [1.82, 2.24) is 10.2 Å². The van der Waals surface area contributed by atoms with Gasteiger partial charge in [-0.05, 0) is 17.9 Å². The molecule has 14 heavy (non-hydrogen) atoms. The van der Waals surface area contributed by atoms with Crippen LogP contribution in [0.4, 0.5) is 0 Å². The molecule has 1 aromatic carbocycles. The zero-order chi connectivity index (χ0) is 10.1. The van der Waals surface area contributed by atoms with Crippen molar-refractivity contribution in [2.45, 2.75) is 13.3 Å². The average molecular weight is 190 g/mol. The van der Waals surface area contributed by atoms with Gasteiger partial charge in [0.25, 0.3) is 0 Å². The minimum absolute atomic E-state index is 0.494. The first-order chi connectivity index (χ1) is 6.72. The number of hydrogen-bond donors (Lipinski definition) is 3. The SMILES string of the molecule is CCc1[nH]nc2ccc(B(O)O)cc12. The predicted molar refractivity (Wildman–Crippen MR) is 55.3 cm³/mol. The summed E-state index contributed by atoms with van der Waals surface area (Å²) in [4.78, 5) is 0. The lowest BCUT2D eigenvalue weighted by atomic mass is 9.80. The van der Waals surface area contributed by atoms with E-state index in [1.54, 1.807) is 18.2 Å². The normalized spacial score (nSPS) is 10.8. The summed E-state index contributed by atoms with van der Waals surface area (Å²) in [5, 5.41) is 26.0. The maximum atomic E-state index is 9.01. The molecule has 0 unspecified atom stereocenters.